The number of Topliss-reactive ketones (excluding diaryl/α,β-unsaturated/α-hetero) is 1. The van der Waals surface area contributed by atoms with Crippen molar-refractivity contribution in [3.63, 3.8) is 0 Å². The number of nitrogens with zero attached hydrogens (tertiary/aromatic N) is 1. The van der Waals surface area contributed by atoms with E-state index in [0.29, 0.717) is 23.4 Å². The first kappa shape index (κ1) is 14.4. The highest BCUT2D eigenvalue weighted by atomic mass is 16.3. The van der Waals surface area contributed by atoms with Crippen LogP contribution in [0, 0.1) is 6.92 Å². The smallest absolute Gasteiger partial charge is 0.274 e. The molecule has 0 saturated carbocycles. The maximum Gasteiger partial charge on any atom is 0.274 e. The number of aromatic nitrogens is 2. The van der Waals surface area contributed by atoms with E-state index in [4.69, 9.17) is 0 Å². The lowest BCUT2D eigenvalue weighted by Crippen LogP contribution is -2.27. The summed E-state index contributed by atoms with van der Waals surface area (Å²) in [6, 6.07) is 0. The minimum Gasteiger partial charge on any atom is -0.506 e. The second-order valence-electron chi connectivity index (χ2n) is 5.35. The molecule has 2 N–H and O–H groups in total. The molecule has 0 unspecified atom stereocenters. The fourth-order valence-electron chi connectivity index (χ4n) is 2.47. The number of carbonyl (C=O) groups is 1. The van der Waals surface area contributed by atoms with Crippen LogP contribution in [0.1, 0.15) is 44.9 Å². The van der Waals surface area contributed by atoms with Gasteiger partial charge in [-0.3, -0.25) is 19.4 Å². The van der Waals surface area contributed by atoms with Gasteiger partial charge in [-0.2, -0.15) is 0 Å². The highest BCUT2D eigenvalue weighted by molar-refractivity contribution is 6.39. The molecule has 108 valence electrons. The molecule has 0 saturated heterocycles. The number of nitrogens with one attached hydrogen (secondary N) is 1. The first-order valence-electron chi connectivity index (χ1n) is 6.85. The van der Waals surface area contributed by atoms with Crippen molar-refractivity contribution in [2.45, 2.75) is 47.1 Å². The third-order valence-corrected chi connectivity index (χ3v) is 3.55. The average Bonchev–Trinajstić information content (AvgIpc) is 2.64. The van der Waals surface area contributed by atoms with Crippen molar-refractivity contribution in [1.29, 1.82) is 0 Å². The molecule has 20 heavy (non-hydrogen) atoms. The molecule has 1 aromatic rings. The first-order valence-corrected chi connectivity index (χ1v) is 6.85. The summed E-state index contributed by atoms with van der Waals surface area (Å²) >= 11 is 0. The van der Waals surface area contributed by atoms with E-state index < -0.39 is 0 Å². The number of ketones is 1. The van der Waals surface area contributed by atoms with Crippen molar-refractivity contribution in [3.05, 3.63) is 38.5 Å². The summed E-state index contributed by atoms with van der Waals surface area (Å²) in [6.07, 6.45) is 1.87. The monoisotopic (exact) mass is 276 g/mol. The fourth-order valence-corrected chi connectivity index (χ4v) is 2.47. The molecule has 1 aliphatic rings. The highest BCUT2D eigenvalue weighted by Crippen LogP contribution is 2.37. The molecule has 0 radical (unpaired) electrons. The number of hydrogen-bond donors (Lipinski definition) is 2. The number of aliphatic hydroxyl groups excluding tert-OH is 1. The molecule has 0 spiro atoms. The Morgan fingerprint density at radius 3 is 2.45 bits per heavy atom. The van der Waals surface area contributed by atoms with E-state index >= 15 is 0 Å². The third-order valence-electron chi connectivity index (χ3n) is 3.55. The minimum absolute atomic E-state index is 0.0585. The van der Waals surface area contributed by atoms with Crippen LogP contribution in [0.15, 0.2) is 21.7 Å². The molecule has 1 aliphatic carbocycles. The van der Waals surface area contributed by atoms with Gasteiger partial charge in [0.1, 0.15) is 5.76 Å². The van der Waals surface area contributed by atoms with E-state index in [0.717, 1.165) is 18.4 Å². The molecule has 5 heteroatoms. The lowest BCUT2D eigenvalue weighted by molar-refractivity contribution is -0.111. The van der Waals surface area contributed by atoms with Gasteiger partial charge in [-0.25, -0.2) is 0 Å². The molecule has 1 heterocycles. The lowest BCUT2D eigenvalue weighted by atomic mass is 9.81. The Kier molecular flexibility index (Phi) is 3.70. The van der Waals surface area contributed by atoms with Gasteiger partial charge in [0.25, 0.3) is 5.56 Å². The number of rotatable bonds is 4. The number of aliphatic hydroxyl groups is 1. The van der Waals surface area contributed by atoms with Gasteiger partial charge in [0.05, 0.1) is 16.7 Å². The van der Waals surface area contributed by atoms with E-state index in [1.807, 2.05) is 6.92 Å². The number of aryl methyl sites for hydroxylation is 2. The van der Waals surface area contributed by atoms with E-state index in [1.54, 1.807) is 20.8 Å². The summed E-state index contributed by atoms with van der Waals surface area (Å²) in [7, 11) is 0. The van der Waals surface area contributed by atoms with Crippen molar-refractivity contribution in [2.24, 2.45) is 0 Å². The van der Waals surface area contributed by atoms with Crippen LogP contribution in [0.2, 0.25) is 0 Å². The number of aromatic amines is 1. The maximum absolute atomic E-state index is 12.3. The predicted octanol–water partition coefficient (Wildman–Crippen LogP) is 2.47. The zero-order valence-electron chi connectivity index (χ0n) is 12.3. The predicted molar refractivity (Wildman–Crippen MR) is 77.6 cm³/mol. The Balaban J connectivity index is 2.51. The third kappa shape index (κ3) is 2.03. The summed E-state index contributed by atoms with van der Waals surface area (Å²) in [5.74, 6) is -0.304. The Morgan fingerprint density at radius 1 is 1.30 bits per heavy atom. The van der Waals surface area contributed by atoms with Crippen LogP contribution in [0.3, 0.4) is 0 Å². The lowest BCUT2D eigenvalue weighted by Gasteiger charge is -2.21. The summed E-state index contributed by atoms with van der Waals surface area (Å²) in [5, 5.41) is 13.0. The molecule has 2 rings (SSSR count). The second-order valence-corrected chi connectivity index (χ2v) is 5.35. The van der Waals surface area contributed by atoms with E-state index in [-0.39, 0.29) is 22.7 Å². The number of unbranched alkanes of at least 4 members (excludes halogenated alkanes) is 1. The molecule has 0 aliphatic heterocycles. The summed E-state index contributed by atoms with van der Waals surface area (Å²) in [6.45, 7) is 7.92. The number of carbonyl (C=O) groups excluding carboxylic acids is 1. The largest absolute Gasteiger partial charge is 0.506 e. The van der Waals surface area contributed by atoms with Gasteiger partial charge in [-0.1, -0.05) is 18.9 Å². The quantitative estimate of drug-likeness (QED) is 0.829. The Hall–Kier alpha value is -2.04. The minimum atomic E-state index is -0.246. The second kappa shape index (κ2) is 5.15. The van der Waals surface area contributed by atoms with Crippen LogP contribution in [-0.2, 0) is 11.3 Å². The zero-order valence-corrected chi connectivity index (χ0v) is 12.3. The number of H-pyrrole nitrogens is 1. The van der Waals surface area contributed by atoms with Crippen LogP contribution >= 0.6 is 0 Å². The van der Waals surface area contributed by atoms with Crippen LogP contribution in [0.4, 0.5) is 0 Å². The number of allylic oxidation sites excluding steroid dienone is 3. The zero-order chi connectivity index (χ0) is 15.0. The summed E-state index contributed by atoms with van der Waals surface area (Å²) in [4.78, 5) is 24.4. The van der Waals surface area contributed by atoms with Gasteiger partial charge in [0.15, 0.2) is 0 Å². The Morgan fingerprint density at radius 2 is 1.95 bits per heavy atom. The van der Waals surface area contributed by atoms with Crippen molar-refractivity contribution in [1.82, 2.24) is 9.78 Å². The molecule has 0 bridgehead atoms. The first-order chi connectivity index (χ1) is 9.40. The Labute approximate surface area is 117 Å². The molecular formula is C15H20N2O3. The van der Waals surface area contributed by atoms with Gasteiger partial charge < -0.3 is 5.11 Å². The molecule has 0 fully saturated rings. The number of hydrogen-bond acceptors (Lipinski definition) is 3. The molecule has 1 aromatic heterocycles. The van der Waals surface area contributed by atoms with Crippen molar-refractivity contribution in [2.75, 3.05) is 0 Å². The summed E-state index contributed by atoms with van der Waals surface area (Å²) in [5.41, 5.74) is 1.92. The topological polar surface area (TPSA) is 75.1 Å². The van der Waals surface area contributed by atoms with Gasteiger partial charge in [-0.15, -0.1) is 0 Å². The maximum atomic E-state index is 12.3. The van der Waals surface area contributed by atoms with Gasteiger partial charge in [0, 0.05) is 12.2 Å². The van der Waals surface area contributed by atoms with Gasteiger partial charge in [-0.05, 0) is 27.2 Å². The average molecular weight is 276 g/mol. The highest BCUT2D eigenvalue weighted by Gasteiger charge is 2.38. The van der Waals surface area contributed by atoms with E-state index in [2.05, 4.69) is 5.10 Å². The fraction of sp³-hybridized carbons (Fsp3) is 0.467. The summed E-state index contributed by atoms with van der Waals surface area (Å²) < 4.78 is 1.50. The molecule has 0 atom stereocenters. The van der Waals surface area contributed by atoms with E-state index in [1.165, 1.54) is 4.68 Å². The van der Waals surface area contributed by atoms with Crippen molar-refractivity contribution >= 4 is 11.4 Å². The SMILES string of the molecule is CCCCn1[nH]c(C)c(C2=C(O)C(=C(C)C)C2=O)c1=O. The van der Waals surface area contributed by atoms with Gasteiger partial charge in [0.2, 0.25) is 5.78 Å². The molecule has 0 aromatic carbocycles. The van der Waals surface area contributed by atoms with Crippen LogP contribution in [0.5, 0.6) is 0 Å². The molecule has 0 amide bonds. The van der Waals surface area contributed by atoms with Crippen molar-refractivity contribution < 1.29 is 9.90 Å². The van der Waals surface area contributed by atoms with Crippen molar-refractivity contribution in [3.8, 4) is 0 Å². The van der Waals surface area contributed by atoms with E-state index in [9.17, 15) is 14.7 Å². The van der Waals surface area contributed by atoms with Crippen LogP contribution in [0.25, 0.3) is 5.57 Å². The van der Waals surface area contributed by atoms with Crippen LogP contribution in [-0.4, -0.2) is 20.7 Å². The Bertz CT molecular complexity index is 682. The standard InChI is InChI=1S/C15H20N2O3/c1-5-6-7-17-15(20)11(9(4)16-17)12-13(18)10(8(2)3)14(12)19/h16,18H,5-7H2,1-4H3. The molecule has 5 nitrogen and oxygen atoms in total. The molecular weight excluding hydrogens is 256 g/mol. The normalized spacial score (nSPS) is 14.8. The van der Waals surface area contributed by atoms with Crippen LogP contribution < -0.4 is 5.56 Å². The van der Waals surface area contributed by atoms with Gasteiger partial charge >= 0.3 is 0 Å².